The van der Waals surface area contributed by atoms with E-state index in [0.717, 1.165) is 17.1 Å². The molecule has 28 aromatic carbocycles. The third-order valence-electron chi connectivity index (χ3n) is 31.6. The molecular formula is C146H92N4. The number of benzene rings is 28. The van der Waals surface area contributed by atoms with Crippen molar-refractivity contribution in [3.63, 3.8) is 0 Å². The number of rotatable bonds is 13. The first kappa shape index (κ1) is 85.8. The molecule has 0 N–H and O–H groups in total. The van der Waals surface area contributed by atoms with Crippen molar-refractivity contribution in [1.82, 2.24) is 18.3 Å². The summed E-state index contributed by atoms with van der Waals surface area (Å²) in [6.45, 7) is 0. The lowest BCUT2D eigenvalue weighted by Gasteiger charge is -2.19. The molecule has 32 rings (SSSR count). The molecule has 0 fully saturated rings. The van der Waals surface area contributed by atoms with E-state index in [4.69, 9.17) is 0 Å². The van der Waals surface area contributed by atoms with E-state index in [1.807, 2.05) is 0 Å². The predicted octanol–water partition coefficient (Wildman–Crippen LogP) is 40.0. The van der Waals surface area contributed by atoms with Gasteiger partial charge in [0.15, 0.2) is 0 Å². The number of nitrogens with zero attached hydrogens (tertiary/aromatic N) is 4. The Kier molecular flexibility index (Phi) is 20.0. The lowest BCUT2D eigenvalue weighted by Crippen LogP contribution is -2.00. The fourth-order valence-corrected chi connectivity index (χ4v) is 25.2. The molecule has 0 atom stereocenters. The van der Waals surface area contributed by atoms with Gasteiger partial charge in [-0.15, -0.1) is 0 Å². The molecule has 0 radical (unpaired) electrons. The average Bonchev–Trinajstić information content (AvgIpc) is 1.54. The zero-order valence-electron chi connectivity index (χ0n) is 81.9. The highest BCUT2D eigenvalue weighted by Gasteiger charge is 2.32. The second kappa shape index (κ2) is 35.0. The molecule has 4 heteroatoms. The Morgan fingerprint density at radius 1 is 0.120 bits per heavy atom. The van der Waals surface area contributed by atoms with E-state index < -0.39 is 0 Å². The van der Waals surface area contributed by atoms with Crippen LogP contribution in [0.5, 0.6) is 0 Å². The summed E-state index contributed by atoms with van der Waals surface area (Å²) >= 11 is 0. The Balaban J connectivity index is 0.000000103. The monoisotopic (exact) mass is 1900 g/mol. The number of para-hydroxylation sites is 2. The first-order chi connectivity index (χ1) is 74.5. The zero-order valence-corrected chi connectivity index (χ0v) is 81.9. The number of aromatic nitrogens is 4. The standard InChI is InChI=1S/C50H31N.C48H30N2.C48H31N/c1-3-13-33(14-4-1)48-44-31-39-25-23-34-18-11-19-35-26-27-43(47(39)46(34)35)50(44)51(49(48)36-15-5-2-6-16-36)45-29-28-40(41-20-9-10-21-42(41)45)38-24-22-32-12-7-8-17-37(32)30-38;1-4-13-31(14-5-1)46-41-29-35-24-23-32-17-12-18-33-25-27-39(45(35)44(32)33)48(41)50(47(46)34-15-6-2-7-16-34)37-26-28-43-40(30-37)38-21-10-11-22-42(38)49(43)36-19-8-3-9-20-36;1-5-14-32(15-6-1)39-28-40(33-16-7-2-8-17-33)30-41(29-39)49-47(37-20-11-4-12-21-37)46(34-18-9-3-10-19-34)43-31-38-25-24-35-22-13-23-36-26-27-42(48(43)49)45(38)44(35)36/h1-31H;1-30H;1-31H. The summed E-state index contributed by atoms with van der Waals surface area (Å²) in [5.74, 6) is 0. The molecule has 0 aliphatic carbocycles. The summed E-state index contributed by atoms with van der Waals surface area (Å²) in [6, 6.07) is 205. The normalized spacial score (nSPS) is 11.9. The second-order valence-corrected chi connectivity index (χ2v) is 39.9. The maximum Gasteiger partial charge on any atom is 0.0620 e. The van der Waals surface area contributed by atoms with Gasteiger partial charge in [-0.2, -0.15) is 0 Å². The number of hydrogen-bond donors (Lipinski definition) is 0. The third kappa shape index (κ3) is 13.8. The van der Waals surface area contributed by atoms with Gasteiger partial charge in [0.1, 0.15) is 0 Å². The lowest BCUT2D eigenvalue weighted by atomic mass is 9.91. The average molecular weight is 1900 g/mol. The van der Waals surface area contributed by atoms with Gasteiger partial charge in [0.2, 0.25) is 0 Å². The molecule has 0 spiro atoms. The van der Waals surface area contributed by atoms with Crippen LogP contribution in [0.3, 0.4) is 0 Å². The van der Waals surface area contributed by atoms with Gasteiger partial charge in [0.05, 0.1) is 50.4 Å². The van der Waals surface area contributed by atoms with Crippen molar-refractivity contribution in [3.05, 3.63) is 558 Å². The first-order valence-electron chi connectivity index (χ1n) is 51.9. The Morgan fingerprint density at radius 3 is 0.887 bits per heavy atom. The molecule has 4 aromatic heterocycles. The van der Waals surface area contributed by atoms with E-state index in [9.17, 15) is 0 Å². The molecule has 4 nitrogen and oxygen atoms in total. The molecule has 0 saturated heterocycles. The SMILES string of the molecule is c1ccc(-c2c(-c3ccccc3)n(-c3ccc(-c4ccc5ccccc5c4)c4ccccc34)c3c2cc2ccc4cccc5ccc3c2c45)cc1.c1ccc(-c2c(-c3ccccc3)n(-c3ccc4c(c3)c3ccccc3n4-c3ccccc3)c3c2cc2ccc4cccc5ccc3c2c45)cc1.c1ccc(-c2cc(-c3ccccc3)cc(-n3c(-c4ccccc4)c(-c4ccccc4)c4cc5ccc6cccc7ccc(c5c67)c43)c2)cc1. The maximum absolute atomic E-state index is 2.57. The van der Waals surface area contributed by atoms with E-state index in [-0.39, 0.29) is 0 Å². The molecule has 4 heterocycles. The zero-order chi connectivity index (χ0) is 98.5. The quantitative estimate of drug-likeness (QED) is 0.103. The van der Waals surface area contributed by atoms with Crippen LogP contribution >= 0.6 is 0 Å². The summed E-state index contributed by atoms with van der Waals surface area (Å²) in [6.07, 6.45) is 0. The number of fused-ring (bicyclic) bond motifs is 11. The minimum absolute atomic E-state index is 1.14. The molecule has 150 heavy (non-hydrogen) atoms. The van der Waals surface area contributed by atoms with Gasteiger partial charge in [-0.05, 0) is 249 Å². The van der Waals surface area contributed by atoms with Crippen molar-refractivity contribution in [2.45, 2.75) is 0 Å². The van der Waals surface area contributed by atoms with Crippen LogP contribution in [0.15, 0.2) is 558 Å². The highest BCUT2D eigenvalue weighted by molar-refractivity contribution is 6.35. The summed E-state index contributed by atoms with van der Waals surface area (Å²) < 4.78 is 10.1. The van der Waals surface area contributed by atoms with Crippen molar-refractivity contribution in [3.8, 4) is 123 Å². The van der Waals surface area contributed by atoms with Gasteiger partial charge < -0.3 is 18.3 Å². The van der Waals surface area contributed by atoms with Crippen LogP contribution in [0.2, 0.25) is 0 Å². The van der Waals surface area contributed by atoms with Gasteiger partial charge in [-0.3, -0.25) is 0 Å². The van der Waals surface area contributed by atoms with Gasteiger partial charge >= 0.3 is 0 Å². The fourth-order valence-electron chi connectivity index (χ4n) is 25.2. The van der Waals surface area contributed by atoms with E-state index in [1.54, 1.807) is 0 Å². The molecule has 32 aromatic rings. The molecule has 0 saturated carbocycles. The van der Waals surface area contributed by atoms with Crippen LogP contribution in [-0.2, 0) is 0 Å². The van der Waals surface area contributed by atoms with Crippen LogP contribution in [0, 0.1) is 0 Å². The molecule has 0 unspecified atom stereocenters. The van der Waals surface area contributed by atoms with Crippen molar-refractivity contribution in [1.29, 1.82) is 0 Å². The number of hydrogen-bond acceptors (Lipinski definition) is 0. The minimum atomic E-state index is 1.14. The van der Waals surface area contributed by atoms with Gasteiger partial charge in [0.25, 0.3) is 0 Å². The molecule has 0 amide bonds. The Bertz CT molecular complexity index is 10800. The second-order valence-electron chi connectivity index (χ2n) is 39.9. The third-order valence-corrected chi connectivity index (χ3v) is 31.6. The summed E-state index contributed by atoms with van der Waals surface area (Å²) in [4.78, 5) is 0. The molecular weight excluding hydrogens is 1810 g/mol. The van der Waals surface area contributed by atoms with Crippen LogP contribution < -0.4 is 0 Å². The van der Waals surface area contributed by atoms with Crippen molar-refractivity contribution in [2.24, 2.45) is 0 Å². The largest absolute Gasteiger partial charge is 0.309 e. The minimum Gasteiger partial charge on any atom is -0.309 e. The van der Waals surface area contributed by atoms with Crippen LogP contribution in [0.25, 0.3) is 296 Å². The Morgan fingerprint density at radius 2 is 0.447 bits per heavy atom. The van der Waals surface area contributed by atoms with Gasteiger partial charge in [0, 0.05) is 82.2 Å². The highest BCUT2D eigenvalue weighted by Crippen LogP contribution is 2.55. The summed E-state index contributed by atoms with van der Waals surface area (Å²) in [5, 5.41) is 34.5. The lowest BCUT2D eigenvalue weighted by molar-refractivity contribution is 1.14. The summed E-state index contributed by atoms with van der Waals surface area (Å²) in [5.41, 5.74) is 32.5. The maximum atomic E-state index is 2.57. The van der Waals surface area contributed by atoms with E-state index >= 15 is 0 Å². The fraction of sp³-hybridized carbons (Fsp3) is 0. The van der Waals surface area contributed by atoms with Crippen molar-refractivity contribution in [2.75, 3.05) is 0 Å². The van der Waals surface area contributed by atoms with Gasteiger partial charge in [-0.25, -0.2) is 0 Å². The van der Waals surface area contributed by atoms with E-state index in [0.29, 0.717) is 0 Å². The highest BCUT2D eigenvalue weighted by atomic mass is 15.0. The summed E-state index contributed by atoms with van der Waals surface area (Å²) in [7, 11) is 0. The smallest absolute Gasteiger partial charge is 0.0620 e. The topological polar surface area (TPSA) is 19.7 Å². The molecule has 696 valence electrons. The molecule has 0 aliphatic heterocycles. The van der Waals surface area contributed by atoms with E-state index in [2.05, 4.69) is 576 Å². The molecule has 0 bridgehead atoms. The molecule has 0 aliphatic rings. The van der Waals surface area contributed by atoms with E-state index in [1.165, 1.54) is 279 Å². The first-order valence-corrected chi connectivity index (χ1v) is 51.9. The van der Waals surface area contributed by atoms with Gasteiger partial charge in [-0.1, -0.05) is 473 Å². The Labute approximate surface area is 866 Å². The Hall–Kier alpha value is -19.8. The van der Waals surface area contributed by atoms with Crippen LogP contribution in [0.4, 0.5) is 0 Å². The van der Waals surface area contributed by atoms with Crippen LogP contribution in [0.1, 0.15) is 0 Å². The van der Waals surface area contributed by atoms with Crippen molar-refractivity contribution >= 4 is 173 Å². The predicted molar refractivity (Wildman–Crippen MR) is 639 cm³/mol. The van der Waals surface area contributed by atoms with Crippen molar-refractivity contribution < 1.29 is 0 Å². The van der Waals surface area contributed by atoms with Crippen LogP contribution in [-0.4, -0.2) is 18.3 Å².